The number of hydrogen-bond acceptors (Lipinski definition) is 6. The summed E-state index contributed by atoms with van der Waals surface area (Å²) in [6.45, 7) is 0. The number of aliphatic hydroxyl groups excluding tert-OH is 1. The lowest BCUT2D eigenvalue weighted by atomic mass is 10.2. The van der Waals surface area contributed by atoms with Crippen LogP contribution in [0.15, 0.2) is 22.7 Å². The van der Waals surface area contributed by atoms with Gasteiger partial charge >= 0.3 is 0 Å². The van der Waals surface area contributed by atoms with Gasteiger partial charge in [-0.25, -0.2) is 4.98 Å². The molecule has 7 nitrogen and oxygen atoms in total. The van der Waals surface area contributed by atoms with Gasteiger partial charge in [0.1, 0.15) is 17.4 Å². The van der Waals surface area contributed by atoms with Gasteiger partial charge in [-0.2, -0.15) is 5.26 Å². The average molecular weight is 322 g/mol. The number of aliphatic hydroxyl groups is 1. The van der Waals surface area contributed by atoms with Crippen LogP contribution >= 0.6 is 11.6 Å². The Balaban J connectivity index is 2.78. The van der Waals surface area contributed by atoms with E-state index in [-0.39, 0.29) is 28.4 Å². The number of fused-ring (bicyclic) bond motifs is 1. The smallest absolute Gasteiger partial charge is 0.259 e. The third-order valence-electron chi connectivity index (χ3n) is 2.97. The van der Waals surface area contributed by atoms with E-state index in [0.29, 0.717) is 17.0 Å². The van der Waals surface area contributed by atoms with Crippen molar-refractivity contribution in [2.45, 2.75) is 0 Å². The number of nitrogens with zero attached hydrogens (tertiary/aromatic N) is 2. The van der Waals surface area contributed by atoms with E-state index in [1.165, 1.54) is 26.4 Å². The molecule has 0 bridgehead atoms. The van der Waals surface area contributed by atoms with Crippen LogP contribution in [0.2, 0.25) is 0 Å². The quantitative estimate of drug-likeness (QED) is 0.506. The van der Waals surface area contributed by atoms with Crippen molar-refractivity contribution in [3.05, 3.63) is 34.1 Å². The first-order chi connectivity index (χ1) is 10.5. The molecule has 0 aliphatic carbocycles. The summed E-state index contributed by atoms with van der Waals surface area (Å²) in [4.78, 5) is 18.8. The summed E-state index contributed by atoms with van der Waals surface area (Å²) >= 11 is 5.51. The van der Waals surface area contributed by atoms with Crippen LogP contribution in [0.25, 0.3) is 16.5 Å². The fraction of sp³-hybridized carbons (Fsp3) is 0.214. The van der Waals surface area contributed by atoms with E-state index in [9.17, 15) is 9.90 Å². The molecule has 0 radical (unpaired) electrons. The number of aromatic amines is 1. The number of ether oxygens (including phenoxy) is 2. The SMILES string of the molecule is COc1cc2nc(C(C#N)=C(O)CCl)[nH]c(=O)c2cc1OC. The third-order valence-corrected chi connectivity index (χ3v) is 3.23. The van der Waals surface area contributed by atoms with Crippen molar-refractivity contribution in [1.82, 2.24) is 9.97 Å². The molecule has 0 unspecified atom stereocenters. The van der Waals surface area contributed by atoms with Crippen molar-refractivity contribution in [3.63, 3.8) is 0 Å². The number of methoxy groups -OCH3 is 2. The van der Waals surface area contributed by atoms with Gasteiger partial charge in [0.05, 0.1) is 31.0 Å². The van der Waals surface area contributed by atoms with Gasteiger partial charge in [0.2, 0.25) is 0 Å². The zero-order chi connectivity index (χ0) is 16.3. The lowest BCUT2D eigenvalue weighted by Crippen LogP contribution is -2.12. The molecule has 22 heavy (non-hydrogen) atoms. The molecule has 2 aromatic rings. The number of alkyl halides is 1. The summed E-state index contributed by atoms with van der Waals surface area (Å²) < 4.78 is 10.3. The van der Waals surface area contributed by atoms with Crippen LogP contribution < -0.4 is 15.0 Å². The summed E-state index contributed by atoms with van der Waals surface area (Å²) in [6.07, 6.45) is 0. The molecule has 8 heteroatoms. The van der Waals surface area contributed by atoms with Gasteiger partial charge in [-0.05, 0) is 6.07 Å². The number of halogens is 1. The highest BCUT2D eigenvalue weighted by molar-refractivity contribution is 6.19. The Morgan fingerprint density at radius 3 is 2.59 bits per heavy atom. The highest BCUT2D eigenvalue weighted by Crippen LogP contribution is 2.30. The molecular formula is C14H12ClN3O4. The van der Waals surface area contributed by atoms with Crippen molar-refractivity contribution >= 4 is 28.1 Å². The number of allylic oxidation sites excluding steroid dienone is 2. The first-order valence-corrected chi connectivity index (χ1v) is 6.63. The summed E-state index contributed by atoms with van der Waals surface area (Å²) in [5, 5.41) is 19.0. The minimum absolute atomic E-state index is 0.0645. The van der Waals surface area contributed by atoms with Crippen molar-refractivity contribution in [3.8, 4) is 17.6 Å². The van der Waals surface area contributed by atoms with Crippen molar-refractivity contribution in [2.75, 3.05) is 20.1 Å². The minimum atomic E-state index is -0.476. The minimum Gasteiger partial charge on any atom is -0.510 e. The second-order valence-electron chi connectivity index (χ2n) is 4.21. The van der Waals surface area contributed by atoms with Crippen LogP contribution in [-0.4, -0.2) is 35.2 Å². The van der Waals surface area contributed by atoms with Gasteiger partial charge in [-0.15, -0.1) is 11.6 Å². The number of nitrogens with one attached hydrogen (secondary N) is 1. The normalized spacial score (nSPS) is 11.7. The Bertz CT molecular complexity index is 852. The first-order valence-electron chi connectivity index (χ1n) is 6.10. The molecule has 1 heterocycles. The summed E-state index contributed by atoms with van der Waals surface area (Å²) in [5.74, 6) is 0.0756. The van der Waals surface area contributed by atoms with E-state index in [0.717, 1.165) is 0 Å². The maximum Gasteiger partial charge on any atom is 0.259 e. The summed E-state index contributed by atoms with van der Waals surface area (Å²) in [6, 6.07) is 4.77. The van der Waals surface area contributed by atoms with E-state index in [1.54, 1.807) is 6.07 Å². The van der Waals surface area contributed by atoms with Gasteiger partial charge in [-0.1, -0.05) is 0 Å². The maximum atomic E-state index is 12.2. The highest BCUT2D eigenvalue weighted by atomic mass is 35.5. The predicted octanol–water partition coefficient (Wildman–Crippen LogP) is 1.97. The second kappa shape index (κ2) is 6.37. The number of aromatic nitrogens is 2. The Hall–Kier alpha value is -2.72. The number of hydrogen-bond donors (Lipinski definition) is 2. The standard InChI is InChI=1S/C14H12ClN3O4/c1-21-11-3-7-9(4-12(11)22-2)17-13(18-14(7)20)8(6-16)10(19)5-15/h3-4,19H,5H2,1-2H3,(H,17,18,20). The first kappa shape index (κ1) is 15.7. The van der Waals surface area contributed by atoms with E-state index in [1.807, 2.05) is 0 Å². The molecule has 0 fully saturated rings. The number of rotatable bonds is 4. The van der Waals surface area contributed by atoms with Crippen LogP contribution in [0.1, 0.15) is 5.82 Å². The van der Waals surface area contributed by atoms with E-state index in [4.69, 9.17) is 26.3 Å². The molecule has 0 aliphatic rings. The fourth-order valence-corrected chi connectivity index (χ4v) is 2.04. The largest absolute Gasteiger partial charge is 0.510 e. The zero-order valence-corrected chi connectivity index (χ0v) is 12.6. The molecule has 0 amide bonds. The van der Waals surface area contributed by atoms with Gasteiger partial charge in [0, 0.05) is 6.07 Å². The molecule has 0 aliphatic heterocycles. The molecule has 0 saturated heterocycles. The highest BCUT2D eigenvalue weighted by Gasteiger charge is 2.15. The molecule has 0 saturated carbocycles. The lowest BCUT2D eigenvalue weighted by Gasteiger charge is -2.09. The topological polar surface area (TPSA) is 108 Å². The van der Waals surface area contributed by atoms with Crippen LogP contribution in [-0.2, 0) is 0 Å². The Morgan fingerprint density at radius 2 is 2.05 bits per heavy atom. The van der Waals surface area contributed by atoms with Gasteiger partial charge in [-0.3, -0.25) is 4.79 Å². The zero-order valence-electron chi connectivity index (χ0n) is 11.8. The average Bonchev–Trinajstić information content (AvgIpc) is 2.54. The number of H-pyrrole nitrogens is 1. The van der Waals surface area contributed by atoms with Gasteiger partial charge < -0.3 is 19.6 Å². The molecule has 2 N–H and O–H groups in total. The molecule has 1 aromatic heterocycles. The van der Waals surface area contributed by atoms with Gasteiger partial charge in [0.25, 0.3) is 5.56 Å². The van der Waals surface area contributed by atoms with Crippen molar-refractivity contribution in [2.24, 2.45) is 0 Å². The molecule has 2 rings (SSSR count). The van der Waals surface area contributed by atoms with E-state index < -0.39 is 5.56 Å². The number of benzene rings is 1. The summed E-state index contributed by atoms with van der Waals surface area (Å²) in [7, 11) is 2.91. The number of nitriles is 1. The van der Waals surface area contributed by atoms with E-state index in [2.05, 4.69) is 9.97 Å². The van der Waals surface area contributed by atoms with Crippen LogP contribution in [0.4, 0.5) is 0 Å². The van der Waals surface area contributed by atoms with Crippen molar-refractivity contribution in [1.29, 1.82) is 5.26 Å². The predicted molar refractivity (Wildman–Crippen MR) is 81.3 cm³/mol. The molecule has 0 atom stereocenters. The van der Waals surface area contributed by atoms with Crippen molar-refractivity contribution < 1.29 is 14.6 Å². The fourth-order valence-electron chi connectivity index (χ4n) is 1.91. The molecule has 1 aromatic carbocycles. The van der Waals surface area contributed by atoms with Gasteiger partial charge in [0.15, 0.2) is 17.3 Å². The van der Waals surface area contributed by atoms with E-state index >= 15 is 0 Å². The van der Waals surface area contributed by atoms with Crippen LogP contribution in [0.5, 0.6) is 11.5 Å². The van der Waals surface area contributed by atoms with Crippen LogP contribution in [0.3, 0.4) is 0 Å². The molecule has 0 spiro atoms. The Labute approximate surface area is 130 Å². The monoisotopic (exact) mass is 321 g/mol. The maximum absolute atomic E-state index is 12.2. The lowest BCUT2D eigenvalue weighted by molar-refractivity contribution is 0.355. The van der Waals surface area contributed by atoms with Crippen LogP contribution in [0, 0.1) is 11.3 Å². The Kier molecular flexibility index (Phi) is 4.53. The summed E-state index contributed by atoms with van der Waals surface area (Å²) in [5.41, 5.74) is -0.369. The molecule has 114 valence electrons. The second-order valence-corrected chi connectivity index (χ2v) is 4.47. The third kappa shape index (κ3) is 2.69. The Morgan fingerprint density at radius 1 is 1.41 bits per heavy atom. The molecular weight excluding hydrogens is 310 g/mol.